The number of hydrogen-bond donors (Lipinski definition) is 0. The Labute approximate surface area is 82.4 Å². The molecule has 0 fully saturated rings. The summed E-state index contributed by atoms with van der Waals surface area (Å²) in [4.78, 5) is 10.7. The molecule has 68 valence electrons. The van der Waals surface area contributed by atoms with Crippen LogP contribution in [0.3, 0.4) is 0 Å². The summed E-state index contributed by atoms with van der Waals surface area (Å²) in [6.07, 6.45) is 3.09. The Morgan fingerprint density at radius 1 is 1.58 bits per heavy atom. The zero-order chi connectivity index (χ0) is 9.35. The smallest absolute Gasteiger partial charge is 0.147 e. The van der Waals surface area contributed by atoms with Crippen LogP contribution in [0.2, 0.25) is 0 Å². The number of hydrogen-bond acceptors (Lipinski definition) is 1. The van der Waals surface area contributed by atoms with Gasteiger partial charge in [0.15, 0.2) is 0 Å². The molecule has 0 saturated heterocycles. The van der Waals surface area contributed by atoms with Gasteiger partial charge in [-0.05, 0) is 24.2 Å². The maximum absolute atomic E-state index is 10.7. The fraction of sp³-hybridized carbons (Fsp3) is 0.700. The summed E-state index contributed by atoms with van der Waals surface area (Å²) in [5.41, 5.74) is 1.29. The molecule has 0 aliphatic heterocycles. The Balaban J connectivity index is 2.94. The summed E-state index contributed by atoms with van der Waals surface area (Å²) in [6.45, 7) is 6.60. The van der Waals surface area contributed by atoms with Crippen molar-refractivity contribution < 1.29 is 4.79 Å². The number of halogens is 1. The van der Waals surface area contributed by atoms with E-state index in [0.29, 0.717) is 11.3 Å². The quantitative estimate of drug-likeness (QED) is 0.633. The Kier molecular flexibility index (Phi) is 2.77. The lowest BCUT2D eigenvalue weighted by molar-refractivity contribution is -0.105. The average Bonchev–Trinajstić information content (AvgIpc) is 1.82. The van der Waals surface area contributed by atoms with Gasteiger partial charge in [0.05, 0.1) is 0 Å². The summed E-state index contributed by atoms with van der Waals surface area (Å²) in [5, 5.41) is 0. The molecule has 1 unspecified atom stereocenters. The van der Waals surface area contributed by atoms with Crippen molar-refractivity contribution >= 4 is 22.2 Å². The molecule has 0 bridgehead atoms. The monoisotopic (exact) mass is 230 g/mol. The molecule has 1 aliphatic rings. The third-order valence-corrected chi connectivity index (χ3v) is 3.20. The second-order valence-corrected chi connectivity index (χ2v) is 5.38. The topological polar surface area (TPSA) is 17.1 Å². The van der Waals surface area contributed by atoms with Crippen molar-refractivity contribution in [2.24, 2.45) is 11.3 Å². The Morgan fingerprint density at radius 2 is 2.17 bits per heavy atom. The second-order valence-electron chi connectivity index (χ2n) is 4.42. The van der Waals surface area contributed by atoms with Crippen LogP contribution in [-0.2, 0) is 4.79 Å². The standard InChI is InChI=1S/C10H15BrO/c1-7-4-10(2,3)5-9(11)8(7)6-12/h6-7H,4-5H2,1-3H3. The van der Waals surface area contributed by atoms with Crippen LogP contribution in [0.4, 0.5) is 0 Å². The van der Waals surface area contributed by atoms with Gasteiger partial charge in [-0.1, -0.05) is 36.7 Å². The maximum atomic E-state index is 10.7. The molecule has 0 saturated carbocycles. The van der Waals surface area contributed by atoms with E-state index in [0.717, 1.165) is 29.2 Å². The molecule has 2 heteroatoms. The molecule has 0 amide bonds. The van der Waals surface area contributed by atoms with Crippen molar-refractivity contribution in [3.63, 3.8) is 0 Å². The summed E-state index contributed by atoms with van der Waals surface area (Å²) < 4.78 is 1.10. The summed E-state index contributed by atoms with van der Waals surface area (Å²) in [7, 11) is 0. The number of aldehydes is 1. The van der Waals surface area contributed by atoms with Gasteiger partial charge in [0.2, 0.25) is 0 Å². The molecule has 0 radical (unpaired) electrons. The van der Waals surface area contributed by atoms with Gasteiger partial charge in [0.1, 0.15) is 6.29 Å². The number of rotatable bonds is 1. The highest BCUT2D eigenvalue weighted by Crippen LogP contribution is 2.43. The summed E-state index contributed by atoms with van der Waals surface area (Å²) in [5.74, 6) is 0.403. The minimum absolute atomic E-state index is 0.338. The second kappa shape index (κ2) is 3.33. The number of carbonyl (C=O) groups excluding carboxylic acids is 1. The molecule has 0 aromatic heterocycles. The van der Waals surface area contributed by atoms with Crippen LogP contribution in [-0.4, -0.2) is 6.29 Å². The van der Waals surface area contributed by atoms with Crippen LogP contribution in [0.5, 0.6) is 0 Å². The van der Waals surface area contributed by atoms with Crippen LogP contribution in [0.25, 0.3) is 0 Å². The zero-order valence-corrected chi connectivity index (χ0v) is 9.44. The van der Waals surface area contributed by atoms with Gasteiger partial charge < -0.3 is 0 Å². The van der Waals surface area contributed by atoms with E-state index < -0.39 is 0 Å². The highest BCUT2D eigenvalue weighted by atomic mass is 79.9. The van der Waals surface area contributed by atoms with E-state index in [1.165, 1.54) is 0 Å². The van der Waals surface area contributed by atoms with Crippen molar-refractivity contribution in [1.29, 1.82) is 0 Å². The molecule has 12 heavy (non-hydrogen) atoms. The van der Waals surface area contributed by atoms with E-state index in [-0.39, 0.29) is 0 Å². The van der Waals surface area contributed by atoms with Crippen molar-refractivity contribution in [2.75, 3.05) is 0 Å². The van der Waals surface area contributed by atoms with Crippen LogP contribution >= 0.6 is 15.9 Å². The molecule has 0 N–H and O–H groups in total. The van der Waals surface area contributed by atoms with E-state index in [1.807, 2.05) is 0 Å². The molecule has 0 heterocycles. The lowest BCUT2D eigenvalue weighted by Gasteiger charge is -2.33. The first-order valence-electron chi connectivity index (χ1n) is 4.30. The Hall–Kier alpha value is -0.110. The largest absolute Gasteiger partial charge is 0.298 e. The predicted octanol–water partition coefficient (Wildman–Crippen LogP) is 3.29. The zero-order valence-electron chi connectivity index (χ0n) is 7.86. The van der Waals surface area contributed by atoms with Gasteiger partial charge in [0, 0.05) is 10.1 Å². The fourth-order valence-electron chi connectivity index (χ4n) is 1.98. The normalized spacial score (nSPS) is 28.8. The Bertz CT molecular complexity index is 228. The van der Waals surface area contributed by atoms with Crippen molar-refractivity contribution in [2.45, 2.75) is 33.6 Å². The minimum atomic E-state index is 0.338. The van der Waals surface area contributed by atoms with Gasteiger partial charge in [0.25, 0.3) is 0 Å². The molecular weight excluding hydrogens is 216 g/mol. The first-order chi connectivity index (χ1) is 5.46. The molecule has 1 aliphatic carbocycles. The number of carbonyl (C=O) groups is 1. The predicted molar refractivity (Wildman–Crippen MR) is 54.2 cm³/mol. The van der Waals surface area contributed by atoms with Crippen molar-refractivity contribution in [3.05, 3.63) is 10.1 Å². The van der Waals surface area contributed by atoms with E-state index in [4.69, 9.17) is 0 Å². The van der Waals surface area contributed by atoms with E-state index in [1.54, 1.807) is 0 Å². The van der Waals surface area contributed by atoms with Crippen LogP contribution in [0.1, 0.15) is 33.6 Å². The first kappa shape index (κ1) is 9.97. The lowest BCUT2D eigenvalue weighted by atomic mass is 9.73. The van der Waals surface area contributed by atoms with Crippen molar-refractivity contribution in [3.8, 4) is 0 Å². The van der Waals surface area contributed by atoms with E-state index >= 15 is 0 Å². The van der Waals surface area contributed by atoms with Gasteiger partial charge in [-0.3, -0.25) is 4.79 Å². The van der Waals surface area contributed by atoms with Gasteiger partial charge in [-0.15, -0.1) is 0 Å². The van der Waals surface area contributed by atoms with Crippen LogP contribution in [0, 0.1) is 11.3 Å². The first-order valence-corrected chi connectivity index (χ1v) is 5.09. The summed E-state index contributed by atoms with van der Waals surface area (Å²) in [6, 6.07) is 0. The molecule has 0 aromatic carbocycles. The summed E-state index contributed by atoms with van der Waals surface area (Å²) >= 11 is 3.48. The van der Waals surface area contributed by atoms with Crippen molar-refractivity contribution in [1.82, 2.24) is 0 Å². The third-order valence-electron chi connectivity index (χ3n) is 2.46. The van der Waals surface area contributed by atoms with Crippen LogP contribution < -0.4 is 0 Å². The maximum Gasteiger partial charge on any atom is 0.147 e. The highest BCUT2D eigenvalue weighted by molar-refractivity contribution is 9.11. The molecule has 1 nitrogen and oxygen atoms in total. The van der Waals surface area contributed by atoms with E-state index in [2.05, 4.69) is 36.7 Å². The molecule has 1 rings (SSSR count). The van der Waals surface area contributed by atoms with Gasteiger partial charge in [-0.25, -0.2) is 0 Å². The fourth-order valence-corrected chi connectivity index (χ4v) is 3.22. The Morgan fingerprint density at radius 3 is 2.58 bits per heavy atom. The van der Waals surface area contributed by atoms with Crippen LogP contribution in [0.15, 0.2) is 10.1 Å². The number of allylic oxidation sites excluding steroid dienone is 2. The van der Waals surface area contributed by atoms with E-state index in [9.17, 15) is 4.79 Å². The molecule has 1 atom stereocenters. The third kappa shape index (κ3) is 1.98. The average molecular weight is 231 g/mol. The van der Waals surface area contributed by atoms with Gasteiger partial charge in [-0.2, -0.15) is 0 Å². The lowest BCUT2D eigenvalue weighted by Crippen LogP contribution is -2.23. The minimum Gasteiger partial charge on any atom is -0.298 e. The SMILES string of the molecule is CC1CC(C)(C)CC(Br)=C1C=O. The van der Waals surface area contributed by atoms with Gasteiger partial charge >= 0.3 is 0 Å². The molecular formula is C10H15BrO. The highest BCUT2D eigenvalue weighted by Gasteiger charge is 2.30. The molecule has 0 aromatic rings. The molecule has 0 spiro atoms.